The van der Waals surface area contributed by atoms with Crippen molar-refractivity contribution in [3.63, 3.8) is 0 Å². The number of nitrogens with zero attached hydrogens (tertiary/aromatic N) is 2. The van der Waals surface area contributed by atoms with Gasteiger partial charge in [0.05, 0.1) is 34.0 Å². The Kier molecular flexibility index (Phi) is 6.06. The standard InChI is InChI=1S/C15H19BrN2O7S/c1-15(2)13(16)8-17(12(9-25-15)14(19)24-3)26(22,23)11-6-4-10(5-7-11)18(20)21/h4-7,12-13H,8-9H2,1-3H3/t12-,13+/m0/s1. The molecule has 0 unspecified atom stereocenters. The Balaban J connectivity index is 2.47. The predicted molar refractivity (Wildman–Crippen MR) is 95.5 cm³/mol. The minimum Gasteiger partial charge on any atom is -0.468 e. The highest BCUT2D eigenvalue weighted by molar-refractivity contribution is 9.09. The van der Waals surface area contributed by atoms with Gasteiger partial charge in [-0.05, 0) is 26.0 Å². The highest BCUT2D eigenvalue weighted by Crippen LogP contribution is 2.31. The molecule has 2 rings (SSSR count). The average Bonchev–Trinajstić information content (AvgIpc) is 2.71. The van der Waals surface area contributed by atoms with E-state index in [0.717, 1.165) is 28.6 Å². The number of carbonyl (C=O) groups is 1. The van der Waals surface area contributed by atoms with Crippen LogP contribution in [0.1, 0.15) is 13.8 Å². The largest absolute Gasteiger partial charge is 0.468 e. The fraction of sp³-hybridized carbons (Fsp3) is 0.533. The van der Waals surface area contributed by atoms with Crippen molar-refractivity contribution in [1.82, 2.24) is 4.31 Å². The summed E-state index contributed by atoms with van der Waals surface area (Å²) >= 11 is 3.42. The summed E-state index contributed by atoms with van der Waals surface area (Å²) < 4.78 is 37.6. The lowest BCUT2D eigenvalue weighted by Crippen LogP contribution is -2.48. The molecule has 0 spiro atoms. The number of nitro benzene ring substituents is 1. The lowest BCUT2D eigenvalue weighted by molar-refractivity contribution is -0.384. The SMILES string of the molecule is COC(=O)[C@@H]1COC(C)(C)[C@H](Br)CN1S(=O)(=O)c1ccc([N+](=O)[O-])cc1. The summed E-state index contributed by atoms with van der Waals surface area (Å²) in [5, 5.41) is 10.8. The molecule has 1 fully saturated rings. The molecule has 2 atom stereocenters. The third-order valence-electron chi connectivity index (χ3n) is 4.18. The molecule has 0 bridgehead atoms. The van der Waals surface area contributed by atoms with E-state index in [1.807, 2.05) is 0 Å². The van der Waals surface area contributed by atoms with Crippen LogP contribution in [-0.2, 0) is 24.3 Å². The third kappa shape index (κ3) is 4.05. The molecule has 1 aliphatic heterocycles. The number of sulfonamides is 1. The number of alkyl halides is 1. The van der Waals surface area contributed by atoms with Gasteiger partial charge in [0.2, 0.25) is 10.0 Å². The van der Waals surface area contributed by atoms with Crippen LogP contribution in [0.25, 0.3) is 0 Å². The smallest absolute Gasteiger partial charge is 0.326 e. The Morgan fingerprint density at radius 3 is 2.46 bits per heavy atom. The van der Waals surface area contributed by atoms with Gasteiger partial charge in [0, 0.05) is 18.7 Å². The molecule has 0 N–H and O–H groups in total. The van der Waals surface area contributed by atoms with Gasteiger partial charge in [-0.25, -0.2) is 8.42 Å². The monoisotopic (exact) mass is 450 g/mol. The van der Waals surface area contributed by atoms with Crippen LogP contribution in [0, 0.1) is 10.1 Å². The summed E-state index contributed by atoms with van der Waals surface area (Å²) in [5.41, 5.74) is -0.946. The van der Waals surface area contributed by atoms with Crippen molar-refractivity contribution in [2.45, 2.75) is 35.2 Å². The number of ether oxygens (including phenoxy) is 2. The first-order valence-corrected chi connectivity index (χ1v) is 9.98. The van der Waals surface area contributed by atoms with E-state index in [2.05, 4.69) is 15.9 Å². The zero-order valence-corrected chi connectivity index (χ0v) is 16.8. The van der Waals surface area contributed by atoms with E-state index in [9.17, 15) is 23.3 Å². The van der Waals surface area contributed by atoms with Crippen LogP contribution in [0.5, 0.6) is 0 Å². The van der Waals surface area contributed by atoms with Gasteiger partial charge in [-0.2, -0.15) is 4.31 Å². The van der Waals surface area contributed by atoms with Gasteiger partial charge >= 0.3 is 5.97 Å². The Bertz CT molecular complexity index is 795. The fourth-order valence-electron chi connectivity index (χ4n) is 2.43. The molecule has 11 heteroatoms. The molecule has 0 amide bonds. The van der Waals surface area contributed by atoms with Crippen LogP contribution >= 0.6 is 15.9 Å². The van der Waals surface area contributed by atoms with Crippen LogP contribution in [0.3, 0.4) is 0 Å². The summed E-state index contributed by atoms with van der Waals surface area (Å²) in [7, 11) is -2.95. The van der Waals surface area contributed by atoms with Crippen molar-refractivity contribution >= 4 is 37.6 Å². The molecule has 0 aromatic heterocycles. The number of non-ortho nitro benzene ring substituents is 1. The molecular formula is C15H19BrN2O7S. The zero-order chi connectivity index (χ0) is 19.7. The molecule has 0 radical (unpaired) electrons. The molecule has 0 saturated carbocycles. The highest BCUT2D eigenvalue weighted by atomic mass is 79.9. The number of hydrogen-bond acceptors (Lipinski definition) is 7. The van der Waals surface area contributed by atoms with Gasteiger partial charge in [-0.1, -0.05) is 15.9 Å². The summed E-state index contributed by atoms with van der Waals surface area (Å²) in [6, 6.07) is 3.32. The molecular weight excluding hydrogens is 432 g/mol. The molecule has 144 valence electrons. The maximum Gasteiger partial charge on any atom is 0.326 e. The van der Waals surface area contributed by atoms with Gasteiger partial charge < -0.3 is 9.47 Å². The molecule has 1 aliphatic rings. The van der Waals surface area contributed by atoms with Crippen LogP contribution in [-0.4, -0.2) is 60.3 Å². The Labute approximate surface area is 159 Å². The molecule has 1 aromatic carbocycles. The van der Waals surface area contributed by atoms with Gasteiger partial charge in [-0.15, -0.1) is 0 Å². The number of nitro groups is 1. The van der Waals surface area contributed by atoms with Crippen LogP contribution in [0.4, 0.5) is 5.69 Å². The predicted octanol–water partition coefficient (Wildman–Crippen LogP) is 1.70. The van der Waals surface area contributed by atoms with Crippen molar-refractivity contribution < 1.29 is 27.6 Å². The maximum absolute atomic E-state index is 13.1. The van der Waals surface area contributed by atoms with Crippen LogP contribution in [0.2, 0.25) is 0 Å². The molecule has 1 heterocycles. The van der Waals surface area contributed by atoms with E-state index < -0.39 is 37.4 Å². The van der Waals surface area contributed by atoms with E-state index in [-0.39, 0.29) is 23.7 Å². The molecule has 0 aliphatic carbocycles. The van der Waals surface area contributed by atoms with Crippen molar-refractivity contribution in [3.8, 4) is 0 Å². The summed E-state index contributed by atoms with van der Waals surface area (Å²) in [6.07, 6.45) is 0. The molecule has 1 aromatic rings. The second kappa shape index (κ2) is 7.59. The third-order valence-corrected chi connectivity index (χ3v) is 7.46. The van der Waals surface area contributed by atoms with Gasteiger partial charge in [0.25, 0.3) is 5.69 Å². The molecule has 9 nitrogen and oxygen atoms in total. The highest BCUT2D eigenvalue weighted by Gasteiger charge is 2.45. The number of esters is 1. The van der Waals surface area contributed by atoms with E-state index in [0.29, 0.717) is 0 Å². The Morgan fingerprint density at radius 1 is 1.38 bits per heavy atom. The van der Waals surface area contributed by atoms with Crippen molar-refractivity contribution in [1.29, 1.82) is 0 Å². The van der Waals surface area contributed by atoms with Gasteiger partial charge in [-0.3, -0.25) is 14.9 Å². The number of benzene rings is 1. The summed E-state index contributed by atoms with van der Waals surface area (Å²) in [6.45, 7) is 3.35. The first-order valence-electron chi connectivity index (χ1n) is 7.63. The second-order valence-electron chi connectivity index (χ2n) is 6.25. The van der Waals surface area contributed by atoms with Gasteiger partial charge in [0.15, 0.2) is 0 Å². The number of hydrogen-bond donors (Lipinski definition) is 0. The number of methoxy groups -OCH3 is 1. The number of halogens is 1. The maximum atomic E-state index is 13.1. The summed E-state index contributed by atoms with van der Waals surface area (Å²) in [4.78, 5) is 21.8. The van der Waals surface area contributed by atoms with Crippen LogP contribution < -0.4 is 0 Å². The summed E-state index contributed by atoms with van der Waals surface area (Å²) in [5.74, 6) is -0.743. The first kappa shape index (κ1) is 20.7. The normalized spacial score (nSPS) is 23.8. The lowest BCUT2D eigenvalue weighted by Gasteiger charge is -2.29. The number of rotatable bonds is 4. The minimum absolute atomic E-state index is 0.0356. The van der Waals surface area contributed by atoms with Crippen LogP contribution in [0.15, 0.2) is 29.2 Å². The molecule has 1 saturated heterocycles. The Hall–Kier alpha value is -1.56. The quantitative estimate of drug-likeness (QED) is 0.296. The first-order chi connectivity index (χ1) is 12.0. The topological polar surface area (TPSA) is 116 Å². The van der Waals surface area contributed by atoms with Crippen molar-refractivity contribution in [3.05, 3.63) is 34.4 Å². The van der Waals surface area contributed by atoms with Crippen molar-refractivity contribution in [2.24, 2.45) is 0 Å². The fourth-order valence-corrected chi connectivity index (χ4v) is 4.65. The second-order valence-corrected chi connectivity index (χ2v) is 9.24. The van der Waals surface area contributed by atoms with E-state index >= 15 is 0 Å². The van der Waals surface area contributed by atoms with E-state index in [1.54, 1.807) is 13.8 Å². The molecule has 26 heavy (non-hydrogen) atoms. The van der Waals surface area contributed by atoms with E-state index in [1.165, 1.54) is 7.11 Å². The zero-order valence-electron chi connectivity index (χ0n) is 14.4. The van der Waals surface area contributed by atoms with E-state index in [4.69, 9.17) is 9.47 Å². The van der Waals surface area contributed by atoms with Gasteiger partial charge in [0.1, 0.15) is 6.04 Å². The number of carbonyl (C=O) groups excluding carboxylic acids is 1. The minimum atomic E-state index is -4.12. The van der Waals surface area contributed by atoms with Crippen molar-refractivity contribution in [2.75, 3.05) is 20.3 Å². The lowest BCUT2D eigenvalue weighted by atomic mass is 10.1. The average molecular weight is 451 g/mol. The Morgan fingerprint density at radius 2 is 1.96 bits per heavy atom.